The van der Waals surface area contributed by atoms with E-state index in [9.17, 15) is 0 Å². The first-order valence-corrected chi connectivity index (χ1v) is 3.83. The molecule has 0 amide bonds. The van der Waals surface area contributed by atoms with E-state index in [4.69, 9.17) is 10.4 Å². The fourth-order valence-corrected chi connectivity index (χ4v) is 0.979. The zero-order valence-corrected chi connectivity index (χ0v) is 7.33. The Bertz CT molecular complexity index is 287. The maximum atomic E-state index is 8.93. The lowest BCUT2D eigenvalue weighted by atomic mass is 10.2. The van der Waals surface area contributed by atoms with Gasteiger partial charge in [0.1, 0.15) is 6.54 Å². The molecule has 0 aliphatic carbocycles. The zero-order chi connectivity index (χ0) is 9.68. The molecule has 0 aliphatic rings. The number of benzene rings is 1. The number of hydrogen-bond donors (Lipinski definition) is 2. The summed E-state index contributed by atoms with van der Waals surface area (Å²) in [4.78, 5) is 0.382. The molecule has 0 spiro atoms. The van der Waals surface area contributed by atoms with Crippen LogP contribution in [0, 0.1) is 0 Å². The van der Waals surface area contributed by atoms with Gasteiger partial charge in [-0.05, 0) is 5.56 Å². The average Bonchev–Trinajstić information content (AvgIpc) is 2.18. The molecule has 5 heteroatoms. The second-order valence-corrected chi connectivity index (χ2v) is 2.66. The van der Waals surface area contributed by atoms with E-state index in [2.05, 4.69) is 5.28 Å². The number of nitrogens with zero attached hydrogens (tertiary/aromatic N) is 3. The van der Waals surface area contributed by atoms with E-state index in [1.54, 1.807) is 7.05 Å². The summed E-state index contributed by atoms with van der Waals surface area (Å²) in [5, 5.41) is 21.1. The van der Waals surface area contributed by atoms with Crippen LogP contribution in [-0.4, -0.2) is 27.4 Å². The largest absolute Gasteiger partial charge is 0.357 e. The molecule has 1 rings (SSSR count). The molecule has 0 saturated carbocycles. The fraction of sp³-hybridized carbons (Fsp3) is 0.250. The van der Waals surface area contributed by atoms with Gasteiger partial charge in [-0.2, -0.15) is 0 Å². The van der Waals surface area contributed by atoms with Crippen LogP contribution in [0.3, 0.4) is 0 Å². The highest BCUT2D eigenvalue weighted by Crippen LogP contribution is 2.01. The standard InChI is InChI=1S/C8H11N3O2/c1-10(11(13)9-12)7-8-5-3-2-4-6-8/h2-6,13H,7H2,1H3/p+1. The quantitative estimate of drug-likeness (QED) is 0.420. The van der Waals surface area contributed by atoms with Gasteiger partial charge in [-0.15, -0.1) is 5.01 Å². The van der Waals surface area contributed by atoms with Gasteiger partial charge in [0.25, 0.3) is 10.2 Å². The van der Waals surface area contributed by atoms with Crippen LogP contribution in [0.4, 0.5) is 0 Å². The van der Waals surface area contributed by atoms with E-state index < -0.39 is 0 Å². The Hall–Kier alpha value is -1.78. The van der Waals surface area contributed by atoms with Crippen molar-refractivity contribution in [1.29, 1.82) is 0 Å². The first-order valence-electron chi connectivity index (χ1n) is 3.83. The van der Waals surface area contributed by atoms with Crippen LogP contribution >= 0.6 is 0 Å². The molecule has 0 fully saturated rings. The maximum absolute atomic E-state index is 8.93. The molecule has 0 heterocycles. The molecule has 0 bridgehead atoms. The van der Waals surface area contributed by atoms with Gasteiger partial charge in [0.15, 0.2) is 0 Å². The van der Waals surface area contributed by atoms with E-state index in [1.807, 2.05) is 30.3 Å². The summed E-state index contributed by atoms with van der Waals surface area (Å²) in [5.74, 6) is 0. The zero-order valence-electron chi connectivity index (χ0n) is 7.33. The summed E-state index contributed by atoms with van der Waals surface area (Å²) in [6, 6.07) is 9.56. The molecule has 0 saturated heterocycles. The van der Waals surface area contributed by atoms with Crippen LogP contribution in [-0.2, 0) is 6.54 Å². The topological polar surface area (TPSA) is 59.1 Å². The highest BCUT2D eigenvalue weighted by molar-refractivity contribution is 5.13. The molecule has 70 valence electrons. The van der Waals surface area contributed by atoms with Gasteiger partial charge in [-0.3, -0.25) is 0 Å². The van der Waals surface area contributed by atoms with Crippen LogP contribution in [0.5, 0.6) is 0 Å². The monoisotopic (exact) mass is 182 g/mol. The van der Waals surface area contributed by atoms with E-state index >= 15 is 0 Å². The lowest BCUT2D eigenvalue weighted by Crippen LogP contribution is -2.27. The summed E-state index contributed by atoms with van der Waals surface area (Å²) in [6.45, 7) is 0.474. The highest BCUT2D eigenvalue weighted by atomic mass is 16.6. The summed E-state index contributed by atoms with van der Waals surface area (Å²) >= 11 is 0. The van der Waals surface area contributed by atoms with Crippen molar-refractivity contribution in [2.24, 2.45) is 5.28 Å². The molecule has 0 atom stereocenters. The van der Waals surface area contributed by atoms with Gasteiger partial charge in [0.05, 0.1) is 7.05 Å². The van der Waals surface area contributed by atoms with Crippen LogP contribution in [0.15, 0.2) is 35.6 Å². The van der Waals surface area contributed by atoms with Gasteiger partial charge in [0, 0.05) is 0 Å². The molecule has 1 aromatic rings. The summed E-state index contributed by atoms with van der Waals surface area (Å²) < 4.78 is 0. The average molecular weight is 182 g/mol. The Morgan fingerprint density at radius 1 is 1.38 bits per heavy atom. The van der Waals surface area contributed by atoms with Crippen LogP contribution in [0.2, 0.25) is 0 Å². The van der Waals surface area contributed by atoms with Crippen molar-refractivity contribution in [2.75, 3.05) is 7.05 Å². The SMILES string of the molecule is CN(Cc1ccccc1)[N+](O)=NO. The Morgan fingerprint density at radius 3 is 2.54 bits per heavy atom. The van der Waals surface area contributed by atoms with Gasteiger partial charge < -0.3 is 5.21 Å². The smallest absolute Gasteiger partial charge is 0.271 e. The van der Waals surface area contributed by atoms with Crippen molar-refractivity contribution < 1.29 is 15.4 Å². The van der Waals surface area contributed by atoms with Crippen molar-refractivity contribution in [3.63, 3.8) is 0 Å². The first kappa shape index (κ1) is 9.31. The minimum Gasteiger partial charge on any atom is -0.357 e. The molecular weight excluding hydrogens is 170 g/mol. The minimum absolute atomic E-state index is 0.382. The normalized spacial score (nSPS) is 11.3. The van der Waals surface area contributed by atoms with E-state index in [0.717, 1.165) is 5.56 Å². The first-order chi connectivity index (χ1) is 6.24. The number of rotatable bonds is 3. The second kappa shape index (κ2) is 4.30. The van der Waals surface area contributed by atoms with Crippen LogP contribution < -0.4 is 0 Å². The van der Waals surface area contributed by atoms with Crippen molar-refractivity contribution in [2.45, 2.75) is 6.54 Å². The summed E-state index contributed by atoms with van der Waals surface area (Å²) in [7, 11) is 1.60. The molecule has 5 nitrogen and oxygen atoms in total. The predicted octanol–water partition coefficient (Wildman–Crippen LogP) is 1.28. The minimum atomic E-state index is 0.382. The second-order valence-electron chi connectivity index (χ2n) is 2.66. The van der Waals surface area contributed by atoms with Gasteiger partial charge >= 0.3 is 0 Å². The number of hydrazine groups is 1. The third-order valence-electron chi connectivity index (χ3n) is 1.64. The van der Waals surface area contributed by atoms with Crippen molar-refractivity contribution in [3.05, 3.63) is 35.9 Å². The van der Waals surface area contributed by atoms with Crippen molar-refractivity contribution in [3.8, 4) is 0 Å². The molecule has 0 unspecified atom stereocenters. The Balaban J connectivity index is 2.60. The van der Waals surface area contributed by atoms with Gasteiger partial charge in [0.2, 0.25) is 0 Å². The van der Waals surface area contributed by atoms with E-state index in [0.29, 0.717) is 11.5 Å². The lowest BCUT2D eigenvalue weighted by molar-refractivity contribution is -0.940. The molecular formula is C8H12N3O2+. The third kappa shape index (κ3) is 2.62. The predicted molar refractivity (Wildman–Crippen MR) is 44.2 cm³/mol. The van der Waals surface area contributed by atoms with E-state index in [1.165, 1.54) is 5.01 Å². The third-order valence-corrected chi connectivity index (χ3v) is 1.64. The summed E-state index contributed by atoms with van der Waals surface area (Å²) in [6.07, 6.45) is 0. The molecule has 2 N–H and O–H groups in total. The van der Waals surface area contributed by atoms with E-state index in [-0.39, 0.29) is 0 Å². The molecule has 0 radical (unpaired) electrons. The Labute approximate surface area is 76.0 Å². The van der Waals surface area contributed by atoms with Crippen molar-refractivity contribution in [1.82, 2.24) is 5.01 Å². The molecule has 1 aromatic carbocycles. The summed E-state index contributed by atoms with van der Waals surface area (Å²) in [5.41, 5.74) is 1.02. The lowest BCUT2D eigenvalue weighted by Gasteiger charge is -2.05. The van der Waals surface area contributed by atoms with Crippen molar-refractivity contribution >= 4 is 0 Å². The molecule has 0 aliphatic heterocycles. The van der Waals surface area contributed by atoms with Gasteiger partial charge in [-0.1, -0.05) is 30.3 Å². The molecule has 13 heavy (non-hydrogen) atoms. The molecule has 0 aromatic heterocycles. The van der Waals surface area contributed by atoms with Crippen LogP contribution in [0.1, 0.15) is 5.56 Å². The van der Waals surface area contributed by atoms with Gasteiger partial charge in [-0.25, -0.2) is 5.21 Å². The highest BCUT2D eigenvalue weighted by Gasteiger charge is 2.11. The Morgan fingerprint density at radius 2 is 2.00 bits per heavy atom. The van der Waals surface area contributed by atoms with Crippen LogP contribution in [0.25, 0.3) is 0 Å². The Kier molecular flexibility index (Phi) is 3.08. The fourth-order valence-electron chi connectivity index (χ4n) is 0.979. The maximum Gasteiger partial charge on any atom is 0.271 e. The number of hydrogen-bond acceptors (Lipinski definition) is 1.